The predicted octanol–water partition coefficient (Wildman–Crippen LogP) is 4.43. The number of halogens is 2. The summed E-state index contributed by atoms with van der Waals surface area (Å²) in [6, 6.07) is 17.1. The molecule has 3 aromatic rings. The first-order valence-electron chi connectivity index (χ1n) is 7.26. The molecule has 4 heteroatoms. The van der Waals surface area contributed by atoms with Crippen LogP contribution >= 0.6 is 0 Å². The molecule has 118 valence electrons. The molecule has 0 radical (unpaired) electrons. The van der Waals surface area contributed by atoms with Crippen molar-refractivity contribution in [2.24, 2.45) is 0 Å². The summed E-state index contributed by atoms with van der Waals surface area (Å²) < 4.78 is 27.2. The highest BCUT2D eigenvalue weighted by molar-refractivity contribution is 6.11. The average molecular weight is 322 g/mol. The molecule has 0 atom stereocenters. The number of hydrogen-bond donors (Lipinski definition) is 0. The summed E-state index contributed by atoms with van der Waals surface area (Å²) >= 11 is 0. The SMILES string of the molecule is O=C(c1ccccc1)c1ccc(C(=O)c2ccc(F)cc2)c(F)c1. The molecule has 0 bridgehead atoms. The average Bonchev–Trinajstić information content (AvgIpc) is 2.62. The van der Waals surface area contributed by atoms with Gasteiger partial charge in [0.2, 0.25) is 0 Å². The van der Waals surface area contributed by atoms with Gasteiger partial charge in [-0.15, -0.1) is 0 Å². The van der Waals surface area contributed by atoms with E-state index in [4.69, 9.17) is 0 Å². The van der Waals surface area contributed by atoms with Crippen LogP contribution in [0, 0.1) is 11.6 Å². The molecule has 0 spiro atoms. The Labute approximate surface area is 137 Å². The van der Waals surface area contributed by atoms with Gasteiger partial charge < -0.3 is 0 Å². The zero-order valence-corrected chi connectivity index (χ0v) is 12.5. The lowest BCUT2D eigenvalue weighted by Crippen LogP contribution is -2.07. The van der Waals surface area contributed by atoms with Crippen molar-refractivity contribution in [3.8, 4) is 0 Å². The quantitative estimate of drug-likeness (QED) is 0.666. The van der Waals surface area contributed by atoms with E-state index in [-0.39, 0.29) is 22.5 Å². The highest BCUT2D eigenvalue weighted by Crippen LogP contribution is 2.18. The van der Waals surface area contributed by atoms with Gasteiger partial charge in [0.1, 0.15) is 11.6 Å². The lowest BCUT2D eigenvalue weighted by Gasteiger charge is -2.06. The third-order valence-corrected chi connectivity index (χ3v) is 3.62. The van der Waals surface area contributed by atoms with Crippen molar-refractivity contribution in [2.45, 2.75) is 0 Å². The predicted molar refractivity (Wildman–Crippen MR) is 86.1 cm³/mol. The van der Waals surface area contributed by atoms with E-state index in [1.54, 1.807) is 30.3 Å². The number of ketones is 2. The van der Waals surface area contributed by atoms with Crippen molar-refractivity contribution < 1.29 is 18.4 Å². The van der Waals surface area contributed by atoms with Crippen molar-refractivity contribution in [1.82, 2.24) is 0 Å². The van der Waals surface area contributed by atoms with Crippen molar-refractivity contribution in [3.63, 3.8) is 0 Å². The van der Waals surface area contributed by atoms with Gasteiger partial charge in [-0.05, 0) is 36.4 Å². The van der Waals surface area contributed by atoms with E-state index in [1.807, 2.05) is 0 Å². The van der Waals surface area contributed by atoms with Crippen LogP contribution in [0.5, 0.6) is 0 Å². The van der Waals surface area contributed by atoms with Crippen LogP contribution in [-0.2, 0) is 0 Å². The maximum atomic E-state index is 14.3. The van der Waals surface area contributed by atoms with Gasteiger partial charge in [-0.1, -0.05) is 36.4 Å². The first-order chi connectivity index (χ1) is 11.6. The minimum Gasteiger partial charge on any atom is -0.289 e. The second-order valence-electron chi connectivity index (χ2n) is 5.23. The van der Waals surface area contributed by atoms with Crippen LogP contribution < -0.4 is 0 Å². The Bertz CT molecular complexity index is 901. The van der Waals surface area contributed by atoms with Crippen molar-refractivity contribution in [3.05, 3.63) is 107 Å². The molecule has 0 saturated carbocycles. The molecule has 2 nitrogen and oxygen atoms in total. The highest BCUT2D eigenvalue weighted by atomic mass is 19.1. The molecule has 0 unspecified atom stereocenters. The Morgan fingerprint density at radius 1 is 0.625 bits per heavy atom. The largest absolute Gasteiger partial charge is 0.289 e. The molecule has 24 heavy (non-hydrogen) atoms. The third-order valence-electron chi connectivity index (χ3n) is 3.62. The zero-order chi connectivity index (χ0) is 17.1. The van der Waals surface area contributed by atoms with Crippen LogP contribution in [0.4, 0.5) is 8.78 Å². The molecule has 0 fully saturated rings. The standard InChI is InChI=1S/C20H12F2O2/c21-16-9-6-14(7-10-16)20(24)17-11-8-15(12-18(17)22)19(23)13-4-2-1-3-5-13/h1-12H. The van der Waals surface area contributed by atoms with Gasteiger partial charge >= 0.3 is 0 Å². The summed E-state index contributed by atoms with van der Waals surface area (Å²) in [5.74, 6) is -2.15. The number of hydrogen-bond acceptors (Lipinski definition) is 2. The Morgan fingerprint density at radius 3 is 1.83 bits per heavy atom. The van der Waals surface area contributed by atoms with Crippen LogP contribution in [0.1, 0.15) is 31.8 Å². The van der Waals surface area contributed by atoms with E-state index in [9.17, 15) is 18.4 Å². The smallest absolute Gasteiger partial charge is 0.195 e. The van der Waals surface area contributed by atoms with Crippen LogP contribution in [0.25, 0.3) is 0 Å². The second-order valence-corrected chi connectivity index (χ2v) is 5.23. The molecule has 0 aromatic heterocycles. The normalized spacial score (nSPS) is 10.4. The molecule has 0 N–H and O–H groups in total. The van der Waals surface area contributed by atoms with E-state index < -0.39 is 17.4 Å². The second kappa shape index (κ2) is 6.54. The Balaban J connectivity index is 1.91. The lowest BCUT2D eigenvalue weighted by atomic mass is 9.98. The molecule has 0 aliphatic carbocycles. The molecular formula is C20H12F2O2. The first-order valence-corrected chi connectivity index (χ1v) is 7.26. The summed E-state index contributed by atoms with van der Waals surface area (Å²) in [6.45, 7) is 0. The van der Waals surface area contributed by atoms with E-state index in [0.29, 0.717) is 5.56 Å². The highest BCUT2D eigenvalue weighted by Gasteiger charge is 2.17. The molecule has 0 aliphatic rings. The van der Waals surface area contributed by atoms with Crippen molar-refractivity contribution >= 4 is 11.6 Å². The van der Waals surface area contributed by atoms with Crippen LogP contribution in [-0.4, -0.2) is 11.6 Å². The van der Waals surface area contributed by atoms with Crippen LogP contribution in [0.2, 0.25) is 0 Å². The van der Waals surface area contributed by atoms with Gasteiger partial charge in [-0.3, -0.25) is 9.59 Å². The fourth-order valence-electron chi connectivity index (χ4n) is 2.35. The van der Waals surface area contributed by atoms with E-state index in [2.05, 4.69) is 0 Å². The first kappa shape index (κ1) is 15.7. The van der Waals surface area contributed by atoms with Gasteiger partial charge in [-0.2, -0.15) is 0 Å². The van der Waals surface area contributed by atoms with Gasteiger partial charge in [0.05, 0.1) is 5.56 Å². The van der Waals surface area contributed by atoms with E-state index in [0.717, 1.165) is 18.2 Å². The topological polar surface area (TPSA) is 34.1 Å². The van der Waals surface area contributed by atoms with E-state index in [1.165, 1.54) is 24.3 Å². The maximum Gasteiger partial charge on any atom is 0.195 e. The lowest BCUT2D eigenvalue weighted by molar-refractivity contribution is 0.102. The minimum atomic E-state index is -0.786. The molecule has 3 aromatic carbocycles. The summed E-state index contributed by atoms with van der Waals surface area (Å²) in [5.41, 5.74) is 0.618. The van der Waals surface area contributed by atoms with Gasteiger partial charge in [-0.25, -0.2) is 8.78 Å². The molecule has 0 saturated heterocycles. The van der Waals surface area contributed by atoms with Crippen LogP contribution in [0.15, 0.2) is 72.8 Å². The molecule has 0 heterocycles. The summed E-state index contributed by atoms with van der Waals surface area (Å²) in [4.78, 5) is 24.6. The summed E-state index contributed by atoms with van der Waals surface area (Å²) in [5, 5.41) is 0. The van der Waals surface area contributed by atoms with Crippen molar-refractivity contribution in [2.75, 3.05) is 0 Å². The fraction of sp³-hybridized carbons (Fsp3) is 0. The van der Waals surface area contributed by atoms with Crippen LogP contribution in [0.3, 0.4) is 0 Å². The minimum absolute atomic E-state index is 0.161. The molecule has 3 rings (SSSR count). The van der Waals surface area contributed by atoms with E-state index >= 15 is 0 Å². The summed E-state index contributed by atoms with van der Waals surface area (Å²) in [6.07, 6.45) is 0. The monoisotopic (exact) mass is 322 g/mol. The Morgan fingerprint density at radius 2 is 1.21 bits per heavy atom. The Hall–Kier alpha value is -3.14. The van der Waals surface area contributed by atoms with Gasteiger partial charge in [0, 0.05) is 16.7 Å². The van der Waals surface area contributed by atoms with Crippen molar-refractivity contribution in [1.29, 1.82) is 0 Å². The summed E-state index contributed by atoms with van der Waals surface area (Å²) in [7, 11) is 0. The third kappa shape index (κ3) is 3.13. The molecular weight excluding hydrogens is 310 g/mol. The number of carbonyl (C=O) groups excluding carboxylic acids is 2. The molecule has 0 aliphatic heterocycles. The zero-order valence-electron chi connectivity index (χ0n) is 12.5. The van der Waals surface area contributed by atoms with Gasteiger partial charge in [0.25, 0.3) is 0 Å². The number of rotatable bonds is 4. The molecule has 0 amide bonds. The number of benzene rings is 3. The maximum absolute atomic E-state index is 14.3. The van der Waals surface area contributed by atoms with Gasteiger partial charge in [0.15, 0.2) is 11.6 Å². The Kier molecular flexibility index (Phi) is 4.29. The number of carbonyl (C=O) groups is 2. The fourth-order valence-corrected chi connectivity index (χ4v) is 2.35.